The summed E-state index contributed by atoms with van der Waals surface area (Å²) < 4.78 is 3.76. The summed E-state index contributed by atoms with van der Waals surface area (Å²) in [5.74, 6) is 0. The van der Waals surface area contributed by atoms with E-state index >= 15 is 0 Å². The fourth-order valence-electron chi connectivity index (χ4n) is 3.47. The van der Waals surface area contributed by atoms with Gasteiger partial charge in [-0.15, -0.1) is 0 Å². The van der Waals surface area contributed by atoms with E-state index in [0.717, 1.165) is 35.9 Å². The monoisotopic (exact) mass is 376 g/mol. The summed E-state index contributed by atoms with van der Waals surface area (Å²) >= 11 is 12.2. The molecule has 0 fully saturated rings. The number of fused-ring (bicyclic) bond motifs is 1. The highest BCUT2D eigenvalue weighted by Gasteiger charge is 2.19. The SMILES string of the molecule is CCCC(CC)n1c(=O)n(Cc2cc(Cl)cc(Cl)c2)c2ccccc21. The van der Waals surface area contributed by atoms with E-state index in [2.05, 4.69) is 13.8 Å². The number of hydrogen-bond acceptors (Lipinski definition) is 1. The zero-order chi connectivity index (χ0) is 18.0. The Morgan fingerprint density at radius 1 is 1.00 bits per heavy atom. The second-order valence-electron chi connectivity index (χ2n) is 6.36. The lowest BCUT2D eigenvalue weighted by molar-refractivity contribution is 0.441. The highest BCUT2D eigenvalue weighted by Crippen LogP contribution is 2.24. The van der Waals surface area contributed by atoms with Gasteiger partial charge in [-0.2, -0.15) is 0 Å². The van der Waals surface area contributed by atoms with Gasteiger partial charge in [-0.3, -0.25) is 9.13 Å². The summed E-state index contributed by atoms with van der Waals surface area (Å²) in [5.41, 5.74) is 2.88. The van der Waals surface area contributed by atoms with E-state index in [1.54, 1.807) is 6.07 Å². The topological polar surface area (TPSA) is 26.9 Å². The molecule has 3 aromatic rings. The van der Waals surface area contributed by atoms with Crippen LogP contribution in [0.25, 0.3) is 11.0 Å². The number of halogens is 2. The van der Waals surface area contributed by atoms with Gasteiger partial charge in [0.2, 0.25) is 0 Å². The molecule has 0 saturated carbocycles. The quantitative estimate of drug-likeness (QED) is 0.525. The first kappa shape index (κ1) is 18.1. The smallest absolute Gasteiger partial charge is 0.289 e. The zero-order valence-electron chi connectivity index (χ0n) is 14.5. The first-order valence-corrected chi connectivity index (χ1v) is 9.45. The minimum Gasteiger partial charge on any atom is -0.289 e. The molecule has 0 N–H and O–H groups in total. The molecule has 132 valence electrons. The summed E-state index contributed by atoms with van der Waals surface area (Å²) in [6.45, 7) is 4.74. The van der Waals surface area contributed by atoms with Crippen LogP contribution in [0.4, 0.5) is 0 Å². The molecule has 0 saturated heterocycles. The molecule has 0 radical (unpaired) electrons. The largest absolute Gasteiger partial charge is 0.329 e. The Bertz CT molecular complexity index is 922. The van der Waals surface area contributed by atoms with Crippen molar-refractivity contribution in [1.82, 2.24) is 9.13 Å². The molecule has 0 bridgehead atoms. The Morgan fingerprint density at radius 3 is 2.24 bits per heavy atom. The van der Waals surface area contributed by atoms with Gasteiger partial charge in [-0.1, -0.05) is 55.6 Å². The third kappa shape index (κ3) is 3.63. The number of rotatable bonds is 6. The molecule has 1 aromatic heterocycles. The highest BCUT2D eigenvalue weighted by molar-refractivity contribution is 6.34. The Morgan fingerprint density at radius 2 is 1.64 bits per heavy atom. The minimum absolute atomic E-state index is 0.0256. The molecule has 0 aliphatic heterocycles. The van der Waals surface area contributed by atoms with Crippen LogP contribution >= 0.6 is 23.2 Å². The number of hydrogen-bond donors (Lipinski definition) is 0. The van der Waals surface area contributed by atoms with E-state index in [4.69, 9.17) is 23.2 Å². The van der Waals surface area contributed by atoms with Gasteiger partial charge >= 0.3 is 5.69 Å². The molecule has 0 aliphatic carbocycles. The predicted molar refractivity (Wildman–Crippen MR) is 106 cm³/mol. The molecule has 25 heavy (non-hydrogen) atoms. The normalized spacial score (nSPS) is 12.6. The van der Waals surface area contributed by atoms with E-state index in [-0.39, 0.29) is 11.7 Å². The van der Waals surface area contributed by atoms with Crippen LogP contribution in [0.15, 0.2) is 47.3 Å². The molecule has 5 heteroatoms. The molecule has 0 amide bonds. The number of nitrogens with zero attached hydrogens (tertiary/aromatic N) is 2. The fourth-order valence-corrected chi connectivity index (χ4v) is 4.04. The van der Waals surface area contributed by atoms with Gasteiger partial charge in [-0.05, 0) is 48.7 Å². The Kier molecular flexibility index (Phi) is 5.55. The van der Waals surface area contributed by atoms with Crippen LogP contribution in [0.5, 0.6) is 0 Å². The lowest BCUT2D eigenvalue weighted by Crippen LogP contribution is -2.27. The van der Waals surface area contributed by atoms with Gasteiger partial charge in [0.15, 0.2) is 0 Å². The van der Waals surface area contributed by atoms with Crippen LogP contribution in [0.1, 0.15) is 44.7 Å². The molecule has 0 spiro atoms. The van der Waals surface area contributed by atoms with E-state index in [1.165, 1.54) is 0 Å². The summed E-state index contributed by atoms with van der Waals surface area (Å²) in [5, 5.41) is 1.16. The first-order chi connectivity index (χ1) is 12.0. The predicted octanol–water partition coefficient (Wildman–Crippen LogP) is 5.91. The Hall–Kier alpha value is -1.71. The Balaban J connectivity index is 2.15. The van der Waals surface area contributed by atoms with E-state index < -0.39 is 0 Å². The number of benzene rings is 2. The van der Waals surface area contributed by atoms with Gasteiger partial charge in [-0.25, -0.2) is 4.79 Å². The van der Waals surface area contributed by atoms with E-state index in [1.807, 2.05) is 45.5 Å². The third-order valence-corrected chi connectivity index (χ3v) is 5.03. The molecule has 1 unspecified atom stereocenters. The lowest BCUT2D eigenvalue weighted by Gasteiger charge is -2.15. The molecule has 1 atom stereocenters. The Labute approximate surface area is 157 Å². The van der Waals surface area contributed by atoms with Crippen molar-refractivity contribution >= 4 is 34.2 Å². The average molecular weight is 377 g/mol. The fraction of sp³-hybridized carbons (Fsp3) is 0.350. The molecule has 0 aliphatic rings. The summed E-state index contributed by atoms with van der Waals surface area (Å²) in [4.78, 5) is 13.2. The van der Waals surface area contributed by atoms with E-state index in [0.29, 0.717) is 16.6 Å². The van der Waals surface area contributed by atoms with Crippen molar-refractivity contribution in [3.05, 3.63) is 68.6 Å². The molecule has 3 rings (SSSR count). The van der Waals surface area contributed by atoms with Crippen molar-refractivity contribution in [3.63, 3.8) is 0 Å². The minimum atomic E-state index is 0.0256. The third-order valence-electron chi connectivity index (χ3n) is 4.59. The maximum absolute atomic E-state index is 13.2. The average Bonchev–Trinajstić information content (AvgIpc) is 2.84. The number of aromatic nitrogens is 2. The van der Waals surface area contributed by atoms with Gasteiger partial charge in [0.25, 0.3) is 0 Å². The van der Waals surface area contributed by atoms with E-state index in [9.17, 15) is 4.79 Å². The lowest BCUT2D eigenvalue weighted by atomic mass is 10.1. The van der Waals surface area contributed by atoms with Crippen molar-refractivity contribution in [2.45, 2.75) is 45.7 Å². The van der Waals surface area contributed by atoms with Crippen molar-refractivity contribution in [2.75, 3.05) is 0 Å². The van der Waals surface area contributed by atoms with Crippen LogP contribution in [0.2, 0.25) is 10.0 Å². The zero-order valence-corrected chi connectivity index (χ0v) is 16.0. The number of imidazole rings is 1. The van der Waals surface area contributed by atoms with Gasteiger partial charge in [0.1, 0.15) is 0 Å². The van der Waals surface area contributed by atoms with Gasteiger partial charge in [0.05, 0.1) is 17.6 Å². The molecule has 1 heterocycles. The van der Waals surface area contributed by atoms with Crippen LogP contribution in [0.3, 0.4) is 0 Å². The first-order valence-electron chi connectivity index (χ1n) is 8.69. The van der Waals surface area contributed by atoms with Crippen molar-refractivity contribution in [3.8, 4) is 0 Å². The molecule has 3 nitrogen and oxygen atoms in total. The highest BCUT2D eigenvalue weighted by atomic mass is 35.5. The molecular weight excluding hydrogens is 355 g/mol. The van der Waals surface area contributed by atoms with Gasteiger partial charge in [0, 0.05) is 16.1 Å². The standard InChI is InChI=1S/C20H22Cl2N2O/c1-3-7-17(4-2)24-19-9-6-5-8-18(19)23(20(24)25)13-14-10-15(21)12-16(22)11-14/h5-6,8-12,17H,3-4,7,13H2,1-2H3. The van der Waals surface area contributed by atoms with Crippen LogP contribution in [0, 0.1) is 0 Å². The number of para-hydroxylation sites is 2. The summed E-state index contributed by atoms with van der Waals surface area (Å²) in [7, 11) is 0. The van der Waals surface area contributed by atoms with Crippen LogP contribution < -0.4 is 5.69 Å². The van der Waals surface area contributed by atoms with Crippen molar-refractivity contribution < 1.29 is 0 Å². The molecule has 2 aromatic carbocycles. The summed E-state index contributed by atoms with van der Waals surface area (Å²) in [6.07, 6.45) is 2.98. The summed E-state index contributed by atoms with van der Waals surface area (Å²) in [6, 6.07) is 13.6. The second kappa shape index (κ2) is 7.67. The van der Waals surface area contributed by atoms with Crippen molar-refractivity contribution in [1.29, 1.82) is 0 Å². The van der Waals surface area contributed by atoms with Gasteiger partial charge < -0.3 is 0 Å². The van der Waals surface area contributed by atoms with Crippen LogP contribution in [-0.4, -0.2) is 9.13 Å². The van der Waals surface area contributed by atoms with Crippen molar-refractivity contribution in [2.24, 2.45) is 0 Å². The maximum Gasteiger partial charge on any atom is 0.329 e. The maximum atomic E-state index is 13.2. The second-order valence-corrected chi connectivity index (χ2v) is 7.23. The van der Waals surface area contributed by atoms with Crippen LogP contribution in [-0.2, 0) is 6.54 Å². The molecular formula is C20H22Cl2N2O.